The molecule has 23 heavy (non-hydrogen) atoms. The molecule has 0 bridgehead atoms. The van der Waals surface area contributed by atoms with Crippen molar-refractivity contribution in [3.8, 4) is 0 Å². The van der Waals surface area contributed by atoms with Gasteiger partial charge in [0.1, 0.15) is 5.82 Å². The molecule has 4 nitrogen and oxygen atoms in total. The van der Waals surface area contributed by atoms with E-state index in [-0.39, 0.29) is 11.8 Å². The number of hydrogen-bond acceptors (Lipinski definition) is 2. The fraction of sp³-hybridized carbons (Fsp3) is 0.412. The Morgan fingerprint density at radius 3 is 2.91 bits per heavy atom. The SMILES string of the molecule is C[C@@H](CC(=O)N1CCn2ccnc2C1)Cc1ccc(F)c(F)c1. The Morgan fingerprint density at radius 1 is 1.30 bits per heavy atom. The van der Waals surface area contributed by atoms with Crippen molar-refractivity contribution in [2.45, 2.75) is 32.9 Å². The van der Waals surface area contributed by atoms with Crippen molar-refractivity contribution in [2.75, 3.05) is 6.54 Å². The van der Waals surface area contributed by atoms with Crippen molar-refractivity contribution < 1.29 is 13.6 Å². The monoisotopic (exact) mass is 319 g/mol. The van der Waals surface area contributed by atoms with Gasteiger partial charge in [0.15, 0.2) is 11.6 Å². The summed E-state index contributed by atoms with van der Waals surface area (Å²) in [6, 6.07) is 3.90. The standard InChI is InChI=1S/C17H19F2N3O/c1-12(8-13-2-3-14(18)15(19)10-13)9-17(23)22-7-6-21-5-4-20-16(21)11-22/h2-5,10,12H,6-9,11H2,1H3/t12-/m1/s1. The smallest absolute Gasteiger partial charge is 0.223 e. The van der Waals surface area contributed by atoms with Gasteiger partial charge in [-0.15, -0.1) is 0 Å². The maximum Gasteiger partial charge on any atom is 0.223 e. The van der Waals surface area contributed by atoms with Crippen molar-refractivity contribution >= 4 is 5.91 Å². The summed E-state index contributed by atoms with van der Waals surface area (Å²) in [5, 5.41) is 0. The molecule has 1 amide bonds. The molecule has 0 unspecified atom stereocenters. The molecular formula is C17H19F2N3O. The summed E-state index contributed by atoms with van der Waals surface area (Å²) in [4.78, 5) is 18.5. The predicted octanol–water partition coefficient (Wildman–Crippen LogP) is 2.77. The molecule has 1 aliphatic heterocycles. The fourth-order valence-corrected chi connectivity index (χ4v) is 2.95. The normalized spacial score (nSPS) is 15.3. The summed E-state index contributed by atoms with van der Waals surface area (Å²) in [5.41, 5.74) is 0.707. The van der Waals surface area contributed by atoms with E-state index in [0.717, 1.165) is 18.4 Å². The zero-order valence-corrected chi connectivity index (χ0v) is 13.0. The van der Waals surface area contributed by atoms with Crippen LogP contribution in [-0.4, -0.2) is 26.9 Å². The Hall–Kier alpha value is -2.24. The lowest BCUT2D eigenvalue weighted by Crippen LogP contribution is -2.39. The number of rotatable bonds is 4. The third-order valence-corrected chi connectivity index (χ3v) is 4.19. The highest BCUT2D eigenvalue weighted by Gasteiger charge is 2.22. The van der Waals surface area contributed by atoms with Gasteiger partial charge in [0.2, 0.25) is 5.91 Å². The number of halogens is 2. The lowest BCUT2D eigenvalue weighted by atomic mass is 9.97. The molecular weight excluding hydrogens is 300 g/mol. The van der Waals surface area contributed by atoms with E-state index in [1.807, 2.05) is 18.0 Å². The second kappa shape index (κ2) is 6.48. The average molecular weight is 319 g/mol. The first-order chi connectivity index (χ1) is 11.0. The third kappa shape index (κ3) is 3.57. The summed E-state index contributed by atoms with van der Waals surface area (Å²) in [6.07, 6.45) is 4.60. The number of fused-ring (bicyclic) bond motifs is 1. The third-order valence-electron chi connectivity index (χ3n) is 4.19. The minimum Gasteiger partial charge on any atom is -0.333 e. The summed E-state index contributed by atoms with van der Waals surface area (Å²) in [5.74, 6) is -0.647. The number of hydrogen-bond donors (Lipinski definition) is 0. The first-order valence-corrected chi connectivity index (χ1v) is 7.74. The van der Waals surface area contributed by atoms with Crippen LogP contribution in [0.1, 0.15) is 24.7 Å². The lowest BCUT2D eigenvalue weighted by molar-refractivity contribution is -0.133. The van der Waals surface area contributed by atoms with Crippen molar-refractivity contribution in [1.82, 2.24) is 14.5 Å². The van der Waals surface area contributed by atoms with Crippen LogP contribution in [0.3, 0.4) is 0 Å². The van der Waals surface area contributed by atoms with Crippen LogP contribution in [0.5, 0.6) is 0 Å². The van der Waals surface area contributed by atoms with Crippen LogP contribution in [0.4, 0.5) is 8.78 Å². The van der Waals surface area contributed by atoms with E-state index in [9.17, 15) is 13.6 Å². The quantitative estimate of drug-likeness (QED) is 0.869. The van der Waals surface area contributed by atoms with Gasteiger partial charge in [-0.05, 0) is 30.0 Å². The number of benzene rings is 1. The van der Waals surface area contributed by atoms with Gasteiger partial charge in [-0.3, -0.25) is 4.79 Å². The van der Waals surface area contributed by atoms with Crippen molar-refractivity contribution in [2.24, 2.45) is 5.92 Å². The van der Waals surface area contributed by atoms with Crippen LogP contribution in [0.25, 0.3) is 0 Å². The predicted molar refractivity (Wildman–Crippen MR) is 81.5 cm³/mol. The molecule has 0 radical (unpaired) electrons. The number of carbonyl (C=O) groups excluding carboxylic acids is 1. The summed E-state index contributed by atoms with van der Waals surface area (Å²) >= 11 is 0. The molecule has 1 aliphatic rings. The second-order valence-electron chi connectivity index (χ2n) is 6.11. The van der Waals surface area contributed by atoms with Crippen LogP contribution >= 0.6 is 0 Å². The topological polar surface area (TPSA) is 38.1 Å². The van der Waals surface area contributed by atoms with Crippen LogP contribution in [0.15, 0.2) is 30.6 Å². The van der Waals surface area contributed by atoms with Gasteiger partial charge in [0.05, 0.1) is 6.54 Å². The fourth-order valence-electron chi connectivity index (χ4n) is 2.95. The van der Waals surface area contributed by atoms with Crippen molar-refractivity contribution in [1.29, 1.82) is 0 Å². The first kappa shape index (κ1) is 15.6. The molecule has 2 heterocycles. The minimum absolute atomic E-state index is 0.0639. The highest BCUT2D eigenvalue weighted by Crippen LogP contribution is 2.18. The maximum absolute atomic E-state index is 13.2. The number of imidazole rings is 1. The highest BCUT2D eigenvalue weighted by molar-refractivity contribution is 5.76. The van der Waals surface area contributed by atoms with Crippen LogP contribution in [0.2, 0.25) is 0 Å². The molecule has 0 N–H and O–H groups in total. The van der Waals surface area contributed by atoms with E-state index in [0.29, 0.717) is 31.5 Å². The molecule has 1 aromatic heterocycles. The summed E-state index contributed by atoms with van der Waals surface area (Å²) in [7, 11) is 0. The van der Waals surface area contributed by atoms with Gasteiger partial charge in [-0.2, -0.15) is 0 Å². The van der Waals surface area contributed by atoms with Gasteiger partial charge < -0.3 is 9.47 Å². The average Bonchev–Trinajstić information content (AvgIpc) is 2.98. The summed E-state index contributed by atoms with van der Waals surface area (Å²) in [6.45, 7) is 3.92. The van der Waals surface area contributed by atoms with E-state index in [4.69, 9.17) is 0 Å². The zero-order chi connectivity index (χ0) is 16.4. The molecule has 3 rings (SSSR count). The number of nitrogens with zero attached hydrogens (tertiary/aromatic N) is 3. The number of amides is 1. The highest BCUT2D eigenvalue weighted by atomic mass is 19.2. The van der Waals surface area contributed by atoms with Gasteiger partial charge in [0.25, 0.3) is 0 Å². The summed E-state index contributed by atoms with van der Waals surface area (Å²) < 4.78 is 28.2. The molecule has 122 valence electrons. The minimum atomic E-state index is -0.846. The molecule has 1 aromatic carbocycles. The molecule has 6 heteroatoms. The van der Waals surface area contributed by atoms with Crippen LogP contribution in [-0.2, 0) is 24.3 Å². The van der Waals surface area contributed by atoms with E-state index in [1.165, 1.54) is 6.07 Å². The molecule has 0 fully saturated rings. The van der Waals surface area contributed by atoms with Crippen LogP contribution in [0, 0.1) is 17.6 Å². The van der Waals surface area contributed by atoms with Crippen molar-refractivity contribution in [3.05, 3.63) is 53.6 Å². The Balaban J connectivity index is 1.56. The molecule has 0 aliphatic carbocycles. The van der Waals surface area contributed by atoms with E-state index in [1.54, 1.807) is 12.3 Å². The van der Waals surface area contributed by atoms with Gasteiger partial charge >= 0.3 is 0 Å². The van der Waals surface area contributed by atoms with Gasteiger partial charge in [0, 0.05) is 31.9 Å². The molecule has 0 spiro atoms. The Morgan fingerprint density at radius 2 is 2.13 bits per heavy atom. The maximum atomic E-state index is 13.2. The van der Waals surface area contributed by atoms with Gasteiger partial charge in [-0.1, -0.05) is 13.0 Å². The van der Waals surface area contributed by atoms with Crippen molar-refractivity contribution in [3.63, 3.8) is 0 Å². The second-order valence-corrected chi connectivity index (χ2v) is 6.11. The Kier molecular flexibility index (Phi) is 4.41. The lowest BCUT2D eigenvalue weighted by Gasteiger charge is -2.28. The first-order valence-electron chi connectivity index (χ1n) is 7.74. The van der Waals surface area contributed by atoms with E-state index in [2.05, 4.69) is 9.55 Å². The number of aromatic nitrogens is 2. The largest absolute Gasteiger partial charge is 0.333 e. The van der Waals surface area contributed by atoms with E-state index >= 15 is 0 Å². The Labute approximate surface area is 133 Å². The molecule has 1 atom stereocenters. The molecule has 2 aromatic rings. The molecule has 0 saturated heterocycles. The number of carbonyl (C=O) groups is 1. The van der Waals surface area contributed by atoms with E-state index < -0.39 is 11.6 Å². The van der Waals surface area contributed by atoms with Gasteiger partial charge in [-0.25, -0.2) is 13.8 Å². The van der Waals surface area contributed by atoms with Crippen LogP contribution < -0.4 is 0 Å². The Bertz CT molecular complexity index is 714. The molecule has 0 saturated carbocycles. The zero-order valence-electron chi connectivity index (χ0n) is 13.0.